The van der Waals surface area contributed by atoms with Crippen LogP contribution in [0.15, 0.2) is 30.3 Å². The van der Waals surface area contributed by atoms with Crippen molar-refractivity contribution in [3.8, 4) is 0 Å². The molecule has 1 aromatic carbocycles. The second-order valence-electron chi connectivity index (χ2n) is 4.24. The topological polar surface area (TPSA) is 37.8 Å². The fourth-order valence-corrected chi connectivity index (χ4v) is 1.99. The lowest BCUT2D eigenvalue weighted by atomic mass is 10.1. The third-order valence-electron chi connectivity index (χ3n) is 2.58. The van der Waals surface area contributed by atoms with Gasteiger partial charge in [0.25, 0.3) is 0 Å². The molecule has 2 aromatic rings. The zero-order valence-corrected chi connectivity index (χ0v) is 11.3. The molecule has 0 saturated heterocycles. The largest absolute Gasteiger partial charge is 0.324 e. The monoisotopic (exact) mass is 261 g/mol. The SMILES string of the molecule is Cc1cc(C)nc(Nc2ccc(CCCl)cc2)n1. The minimum absolute atomic E-state index is 0.637. The molecule has 0 aliphatic carbocycles. The van der Waals surface area contributed by atoms with Crippen LogP contribution in [-0.2, 0) is 6.42 Å². The Morgan fingerprint density at radius 2 is 1.67 bits per heavy atom. The Bertz CT molecular complexity index is 503. The molecule has 0 radical (unpaired) electrons. The summed E-state index contributed by atoms with van der Waals surface area (Å²) in [6.07, 6.45) is 0.891. The molecule has 0 aliphatic heterocycles. The number of rotatable bonds is 4. The summed E-state index contributed by atoms with van der Waals surface area (Å²) >= 11 is 5.70. The van der Waals surface area contributed by atoms with E-state index in [-0.39, 0.29) is 0 Å². The predicted octanol–water partition coefficient (Wildman–Crippen LogP) is 3.62. The van der Waals surface area contributed by atoms with Gasteiger partial charge in [-0.05, 0) is 44.0 Å². The number of hydrogen-bond donors (Lipinski definition) is 1. The van der Waals surface area contributed by atoms with Crippen LogP contribution in [0.4, 0.5) is 11.6 Å². The Morgan fingerprint density at radius 1 is 1.06 bits per heavy atom. The Kier molecular flexibility index (Phi) is 4.15. The molecule has 1 heterocycles. The van der Waals surface area contributed by atoms with Crippen molar-refractivity contribution in [2.24, 2.45) is 0 Å². The number of aryl methyl sites for hydroxylation is 3. The zero-order chi connectivity index (χ0) is 13.0. The van der Waals surface area contributed by atoms with Crippen molar-refractivity contribution in [3.63, 3.8) is 0 Å². The summed E-state index contributed by atoms with van der Waals surface area (Å²) in [6, 6.07) is 10.1. The first kappa shape index (κ1) is 12.8. The van der Waals surface area contributed by atoms with Crippen LogP contribution in [-0.4, -0.2) is 15.8 Å². The lowest BCUT2D eigenvalue weighted by Crippen LogP contribution is -2.00. The maximum Gasteiger partial charge on any atom is 0.227 e. The number of benzene rings is 1. The summed E-state index contributed by atoms with van der Waals surface area (Å²) in [7, 11) is 0. The number of hydrogen-bond acceptors (Lipinski definition) is 3. The van der Waals surface area contributed by atoms with E-state index in [2.05, 4.69) is 27.4 Å². The highest BCUT2D eigenvalue weighted by Crippen LogP contribution is 2.15. The van der Waals surface area contributed by atoms with E-state index in [1.54, 1.807) is 0 Å². The van der Waals surface area contributed by atoms with E-state index in [1.807, 2.05) is 32.0 Å². The van der Waals surface area contributed by atoms with Crippen LogP contribution >= 0.6 is 11.6 Å². The van der Waals surface area contributed by atoms with Gasteiger partial charge in [0, 0.05) is 23.0 Å². The molecule has 0 atom stereocenters. The molecule has 0 spiro atoms. The van der Waals surface area contributed by atoms with Crippen molar-refractivity contribution >= 4 is 23.2 Å². The number of anilines is 2. The smallest absolute Gasteiger partial charge is 0.227 e. The molecular formula is C14H16ClN3. The second-order valence-corrected chi connectivity index (χ2v) is 4.61. The minimum Gasteiger partial charge on any atom is -0.324 e. The van der Waals surface area contributed by atoms with E-state index in [0.717, 1.165) is 23.5 Å². The standard InChI is InChI=1S/C14H16ClN3/c1-10-9-11(2)17-14(16-10)18-13-5-3-12(4-6-13)7-8-15/h3-6,9H,7-8H2,1-2H3,(H,16,17,18). The summed E-state index contributed by atoms with van der Waals surface area (Å²) in [6.45, 7) is 3.92. The summed E-state index contributed by atoms with van der Waals surface area (Å²) in [5.74, 6) is 1.28. The molecular weight excluding hydrogens is 246 g/mol. The van der Waals surface area contributed by atoms with Crippen LogP contribution in [0.2, 0.25) is 0 Å². The highest BCUT2D eigenvalue weighted by Gasteiger charge is 2.00. The van der Waals surface area contributed by atoms with Crippen LogP contribution in [0.3, 0.4) is 0 Å². The first-order valence-electron chi connectivity index (χ1n) is 5.91. The van der Waals surface area contributed by atoms with Crippen LogP contribution in [0.5, 0.6) is 0 Å². The second kappa shape index (κ2) is 5.83. The van der Waals surface area contributed by atoms with Crippen molar-refractivity contribution in [3.05, 3.63) is 47.3 Å². The molecule has 2 rings (SSSR count). The van der Waals surface area contributed by atoms with E-state index in [0.29, 0.717) is 11.8 Å². The maximum absolute atomic E-state index is 5.70. The van der Waals surface area contributed by atoms with E-state index < -0.39 is 0 Å². The lowest BCUT2D eigenvalue weighted by Gasteiger charge is -2.07. The minimum atomic E-state index is 0.637. The Labute approximate surface area is 112 Å². The quantitative estimate of drug-likeness (QED) is 0.855. The Balaban J connectivity index is 2.13. The summed E-state index contributed by atoms with van der Waals surface area (Å²) in [5.41, 5.74) is 4.14. The molecule has 1 aromatic heterocycles. The molecule has 0 aliphatic rings. The van der Waals surface area contributed by atoms with E-state index in [1.165, 1.54) is 5.56 Å². The number of nitrogens with zero attached hydrogens (tertiary/aromatic N) is 2. The summed E-state index contributed by atoms with van der Waals surface area (Å²) in [4.78, 5) is 8.69. The zero-order valence-electron chi connectivity index (χ0n) is 10.6. The molecule has 94 valence electrons. The third-order valence-corrected chi connectivity index (χ3v) is 2.76. The van der Waals surface area contributed by atoms with Gasteiger partial charge in [-0.15, -0.1) is 11.6 Å². The predicted molar refractivity (Wildman–Crippen MR) is 75.7 cm³/mol. The average molecular weight is 262 g/mol. The van der Waals surface area contributed by atoms with Gasteiger partial charge < -0.3 is 5.32 Å². The van der Waals surface area contributed by atoms with Gasteiger partial charge in [-0.1, -0.05) is 12.1 Å². The molecule has 0 unspecified atom stereocenters. The van der Waals surface area contributed by atoms with Crippen LogP contribution < -0.4 is 5.32 Å². The van der Waals surface area contributed by atoms with E-state index >= 15 is 0 Å². The van der Waals surface area contributed by atoms with Crippen LogP contribution in [0, 0.1) is 13.8 Å². The molecule has 1 N–H and O–H groups in total. The number of nitrogens with one attached hydrogen (secondary N) is 1. The van der Waals surface area contributed by atoms with Gasteiger partial charge in [-0.3, -0.25) is 0 Å². The number of alkyl halides is 1. The van der Waals surface area contributed by atoms with Crippen molar-refractivity contribution in [1.29, 1.82) is 0 Å². The van der Waals surface area contributed by atoms with Crippen molar-refractivity contribution in [2.45, 2.75) is 20.3 Å². The first-order chi connectivity index (χ1) is 8.67. The normalized spacial score (nSPS) is 10.4. The summed E-state index contributed by atoms with van der Waals surface area (Å²) < 4.78 is 0. The molecule has 4 heteroatoms. The molecule has 3 nitrogen and oxygen atoms in total. The van der Waals surface area contributed by atoms with Gasteiger partial charge in [-0.2, -0.15) is 0 Å². The third kappa shape index (κ3) is 3.44. The van der Waals surface area contributed by atoms with Gasteiger partial charge in [0.2, 0.25) is 5.95 Å². The molecule has 0 fully saturated rings. The van der Waals surface area contributed by atoms with E-state index in [4.69, 9.17) is 11.6 Å². The van der Waals surface area contributed by atoms with Crippen LogP contribution in [0.25, 0.3) is 0 Å². The average Bonchev–Trinajstić information content (AvgIpc) is 2.31. The lowest BCUT2D eigenvalue weighted by molar-refractivity contribution is 1.06. The first-order valence-corrected chi connectivity index (χ1v) is 6.45. The maximum atomic E-state index is 5.70. The van der Waals surface area contributed by atoms with E-state index in [9.17, 15) is 0 Å². The highest BCUT2D eigenvalue weighted by atomic mass is 35.5. The summed E-state index contributed by atoms with van der Waals surface area (Å²) in [5, 5.41) is 3.20. The van der Waals surface area contributed by atoms with Gasteiger partial charge in [0.15, 0.2) is 0 Å². The van der Waals surface area contributed by atoms with Crippen molar-refractivity contribution in [1.82, 2.24) is 9.97 Å². The van der Waals surface area contributed by atoms with Gasteiger partial charge in [0.05, 0.1) is 0 Å². The van der Waals surface area contributed by atoms with Gasteiger partial charge in [0.1, 0.15) is 0 Å². The van der Waals surface area contributed by atoms with Crippen molar-refractivity contribution < 1.29 is 0 Å². The van der Waals surface area contributed by atoms with Gasteiger partial charge in [-0.25, -0.2) is 9.97 Å². The van der Waals surface area contributed by atoms with Gasteiger partial charge >= 0.3 is 0 Å². The number of halogens is 1. The number of aromatic nitrogens is 2. The van der Waals surface area contributed by atoms with Crippen LogP contribution in [0.1, 0.15) is 17.0 Å². The molecule has 0 amide bonds. The molecule has 0 saturated carbocycles. The molecule has 18 heavy (non-hydrogen) atoms. The fourth-order valence-electron chi connectivity index (χ4n) is 1.77. The Hall–Kier alpha value is -1.61. The van der Waals surface area contributed by atoms with Crippen molar-refractivity contribution in [2.75, 3.05) is 11.2 Å². The molecule has 0 bridgehead atoms. The Morgan fingerprint density at radius 3 is 2.22 bits per heavy atom. The fraction of sp³-hybridized carbons (Fsp3) is 0.286. The highest BCUT2D eigenvalue weighted by molar-refractivity contribution is 6.17.